The third kappa shape index (κ3) is 3.98. The van der Waals surface area contributed by atoms with Gasteiger partial charge in [0.05, 0.1) is 0 Å². The SMILES string of the molecule is COC(F)(F)c1nnc(OCC(=O)N(C)C2=CCCCC2)s1. The summed E-state index contributed by atoms with van der Waals surface area (Å²) in [7, 11) is 2.55. The largest absolute Gasteiger partial charge is 0.459 e. The first-order chi connectivity index (χ1) is 10.4. The molecule has 0 fully saturated rings. The Kier molecular flexibility index (Phi) is 5.41. The van der Waals surface area contributed by atoms with E-state index in [4.69, 9.17) is 4.74 Å². The number of halogens is 2. The van der Waals surface area contributed by atoms with Gasteiger partial charge in [-0.05, 0) is 25.7 Å². The first kappa shape index (κ1) is 16.8. The number of nitrogens with zero attached hydrogens (tertiary/aromatic N) is 3. The highest BCUT2D eigenvalue weighted by Crippen LogP contribution is 2.33. The number of likely N-dealkylation sites (N-methyl/N-ethyl adjacent to an activating group) is 1. The van der Waals surface area contributed by atoms with Crippen LogP contribution in [0.3, 0.4) is 0 Å². The normalized spacial score (nSPS) is 15.4. The van der Waals surface area contributed by atoms with Gasteiger partial charge in [-0.25, -0.2) is 0 Å². The van der Waals surface area contributed by atoms with E-state index in [1.807, 2.05) is 6.08 Å². The molecule has 122 valence electrons. The maximum absolute atomic E-state index is 13.2. The molecule has 1 amide bonds. The summed E-state index contributed by atoms with van der Waals surface area (Å²) in [6.07, 6.45) is 2.51. The smallest absolute Gasteiger partial charge is 0.411 e. The highest BCUT2D eigenvalue weighted by Gasteiger charge is 2.36. The number of carbonyl (C=O) groups is 1. The summed E-state index contributed by atoms with van der Waals surface area (Å²) in [4.78, 5) is 13.6. The lowest BCUT2D eigenvalue weighted by atomic mass is 10.0. The molecule has 9 heteroatoms. The maximum Gasteiger partial charge on any atom is 0.411 e. The fourth-order valence-electron chi connectivity index (χ4n) is 1.98. The molecular weight excluding hydrogens is 316 g/mol. The van der Waals surface area contributed by atoms with E-state index in [0.717, 1.165) is 38.5 Å². The second-order valence-electron chi connectivity index (χ2n) is 4.78. The first-order valence-electron chi connectivity index (χ1n) is 6.79. The third-order valence-electron chi connectivity index (χ3n) is 3.30. The summed E-state index contributed by atoms with van der Waals surface area (Å²) in [5.41, 5.74) is 0.962. The van der Waals surface area contributed by atoms with Gasteiger partial charge in [-0.2, -0.15) is 8.78 Å². The molecule has 0 saturated heterocycles. The van der Waals surface area contributed by atoms with Crippen LogP contribution in [0.15, 0.2) is 11.8 Å². The summed E-state index contributed by atoms with van der Waals surface area (Å²) in [6, 6.07) is 0. The Bertz CT molecular complexity index is 562. The summed E-state index contributed by atoms with van der Waals surface area (Å²) in [5, 5.41) is 6.08. The molecule has 0 N–H and O–H groups in total. The van der Waals surface area contributed by atoms with Gasteiger partial charge in [-0.15, -0.1) is 5.10 Å². The van der Waals surface area contributed by atoms with Crippen molar-refractivity contribution in [2.24, 2.45) is 0 Å². The van der Waals surface area contributed by atoms with Gasteiger partial charge in [0.15, 0.2) is 6.61 Å². The number of hydrogen-bond donors (Lipinski definition) is 0. The quantitative estimate of drug-likeness (QED) is 0.800. The molecule has 1 aromatic rings. The first-order valence-corrected chi connectivity index (χ1v) is 7.61. The van der Waals surface area contributed by atoms with Gasteiger partial charge in [0.1, 0.15) is 0 Å². The Morgan fingerprint density at radius 1 is 1.45 bits per heavy atom. The number of aromatic nitrogens is 2. The van der Waals surface area contributed by atoms with Crippen LogP contribution in [-0.4, -0.2) is 41.8 Å². The lowest BCUT2D eigenvalue weighted by Gasteiger charge is -2.23. The average Bonchev–Trinajstić information content (AvgIpc) is 3.02. The number of ether oxygens (including phenoxy) is 2. The fourth-order valence-corrected chi connectivity index (χ4v) is 2.63. The zero-order chi connectivity index (χ0) is 16.2. The molecule has 1 aliphatic carbocycles. The van der Waals surface area contributed by atoms with Gasteiger partial charge < -0.3 is 14.4 Å². The van der Waals surface area contributed by atoms with Crippen molar-refractivity contribution in [2.75, 3.05) is 20.8 Å². The molecule has 1 heterocycles. The molecule has 6 nitrogen and oxygen atoms in total. The van der Waals surface area contributed by atoms with Crippen LogP contribution in [0.2, 0.25) is 0 Å². The number of rotatable bonds is 6. The van der Waals surface area contributed by atoms with Gasteiger partial charge in [-0.1, -0.05) is 22.5 Å². The minimum absolute atomic E-state index is 0.0916. The Morgan fingerprint density at radius 3 is 2.86 bits per heavy atom. The van der Waals surface area contributed by atoms with Crippen molar-refractivity contribution < 1.29 is 23.0 Å². The summed E-state index contributed by atoms with van der Waals surface area (Å²) in [5.74, 6) is -0.261. The molecule has 0 aromatic carbocycles. The van der Waals surface area contributed by atoms with Crippen LogP contribution in [0.4, 0.5) is 8.78 Å². The van der Waals surface area contributed by atoms with Crippen molar-refractivity contribution in [1.29, 1.82) is 0 Å². The Labute approximate surface area is 130 Å². The molecular formula is C13H17F2N3O3S. The Balaban J connectivity index is 1.90. The third-order valence-corrected chi connectivity index (χ3v) is 4.19. The van der Waals surface area contributed by atoms with Crippen molar-refractivity contribution in [3.05, 3.63) is 16.8 Å². The predicted molar refractivity (Wildman–Crippen MR) is 75.6 cm³/mol. The highest BCUT2D eigenvalue weighted by molar-refractivity contribution is 7.13. The van der Waals surface area contributed by atoms with Crippen LogP contribution in [0, 0.1) is 0 Å². The van der Waals surface area contributed by atoms with E-state index in [-0.39, 0.29) is 17.7 Å². The predicted octanol–water partition coefficient (Wildman–Crippen LogP) is 2.53. The van der Waals surface area contributed by atoms with Crippen molar-refractivity contribution in [2.45, 2.75) is 31.8 Å². The van der Waals surface area contributed by atoms with E-state index in [9.17, 15) is 13.6 Å². The van der Waals surface area contributed by atoms with Crippen LogP contribution >= 0.6 is 11.3 Å². The topological polar surface area (TPSA) is 64.6 Å². The Hall–Kier alpha value is -1.61. The van der Waals surface area contributed by atoms with E-state index < -0.39 is 11.1 Å². The van der Waals surface area contributed by atoms with Gasteiger partial charge in [0, 0.05) is 19.9 Å². The lowest BCUT2D eigenvalue weighted by molar-refractivity contribution is -0.231. The summed E-state index contributed by atoms with van der Waals surface area (Å²) < 4.78 is 35.6. The zero-order valence-corrected chi connectivity index (χ0v) is 13.2. The van der Waals surface area contributed by atoms with Crippen LogP contribution in [-0.2, 0) is 15.6 Å². The second-order valence-corrected chi connectivity index (χ2v) is 5.72. The average molecular weight is 333 g/mol. The number of amides is 1. The minimum Gasteiger partial charge on any atom is -0.459 e. The second kappa shape index (κ2) is 7.10. The van der Waals surface area contributed by atoms with E-state index >= 15 is 0 Å². The number of allylic oxidation sites excluding steroid dienone is 2. The van der Waals surface area contributed by atoms with E-state index in [2.05, 4.69) is 14.9 Å². The highest BCUT2D eigenvalue weighted by atomic mass is 32.1. The standard InChI is InChI=1S/C13H17F2N3O3S/c1-18(9-6-4-3-5-7-9)10(19)8-21-12-17-16-11(22-12)13(14,15)20-2/h6H,3-5,7-8H2,1-2H3. The molecule has 0 bridgehead atoms. The number of alkyl halides is 2. The lowest BCUT2D eigenvalue weighted by Crippen LogP contribution is -2.31. The maximum atomic E-state index is 13.2. The van der Waals surface area contributed by atoms with Crippen molar-refractivity contribution in [3.8, 4) is 5.19 Å². The van der Waals surface area contributed by atoms with Gasteiger partial charge in [0.2, 0.25) is 5.01 Å². The number of methoxy groups -OCH3 is 1. The minimum atomic E-state index is -3.51. The molecule has 0 aliphatic heterocycles. The van der Waals surface area contributed by atoms with Crippen molar-refractivity contribution in [3.63, 3.8) is 0 Å². The van der Waals surface area contributed by atoms with Gasteiger partial charge in [-0.3, -0.25) is 4.79 Å². The molecule has 0 spiro atoms. The van der Waals surface area contributed by atoms with E-state index in [1.165, 1.54) is 4.90 Å². The molecule has 22 heavy (non-hydrogen) atoms. The molecule has 2 rings (SSSR count). The van der Waals surface area contributed by atoms with Crippen LogP contribution < -0.4 is 4.74 Å². The zero-order valence-electron chi connectivity index (χ0n) is 12.3. The monoisotopic (exact) mass is 333 g/mol. The molecule has 0 unspecified atom stereocenters. The van der Waals surface area contributed by atoms with Crippen LogP contribution in [0.25, 0.3) is 0 Å². The van der Waals surface area contributed by atoms with Gasteiger partial charge in [0.25, 0.3) is 11.1 Å². The molecule has 0 atom stereocenters. The number of hydrogen-bond acceptors (Lipinski definition) is 6. The van der Waals surface area contributed by atoms with Crippen molar-refractivity contribution >= 4 is 17.2 Å². The van der Waals surface area contributed by atoms with Gasteiger partial charge >= 0.3 is 6.11 Å². The Morgan fingerprint density at radius 2 is 2.23 bits per heavy atom. The molecule has 0 saturated carbocycles. The van der Waals surface area contributed by atoms with Crippen LogP contribution in [0.5, 0.6) is 5.19 Å². The van der Waals surface area contributed by atoms with Crippen molar-refractivity contribution in [1.82, 2.24) is 15.1 Å². The van der Waals surface area contributed by atoms with Crippen LogP contribution in [0.1, 0.15) is 30.7 Å². The summed E-state index contributed by atoms with van der Waals surface area (Å²) >= 11 is 0.549. The molecule has 1 aromatic heterocycles. The summed E-state index contributed by atoms with van der Waals surface area (Å²) in [6.45, 7) is -0.277. The molecule has 1 aliphatic rings. The van der Waals surface area contributed by atoms with E-state index in [1.54, 1.807) is 7.05 Å². The number of carbonyl (C=O) groups excluding carboxylic acids is 1. The molecule has 0 radical (unpaired) electrons. The fraction of sp³-hybridized carbons (Fsp3) is 0.615. The van der Waals surface area contributed by atoms with E-state index in [0.29, 0.717) is 11.3 Å².